The van der Waals surface area contributed by atoms with E-state index >= 15 is 0 Å². The van der Waals surface area contributed by atoms with Gasteiger partial charge in [0.2, 0.25) is 0 Å². The standard InChI is InChI=1S/C16H20N4O2/c1-16(2,3)22-15(21)20-8-7-10-5-4-6-11(14(10)20)12-9-13(17)19-18-12/h4-6,9H,7-8H2,1-3H3,(H3,17,18,19). The molecule has 0 fully saturated rings. The number of aromatic nitrogens is 2. The number of ether oxygens (including phenoxy) is 1. The summed E-state index contributed by atoms with van der Waals surface area (Å²) in [7, 11) is 0. The summed E-state index contributed by atoms with van der Waals surface area (Å²) in [5.41, 5.74) is 8.87. The zero-order chi connectivity index (χ0) is 15.9. The molecule has 6 heteroatoms. The van der Waals surface area contributed by atoms with Gasteiger partial charge in [0.05, 0.1) is 11.4 Å². The van der Waals surface area contributed by atoms with Crippen molar-refractivity contribution in [1.29, 1.82) is 0 Å². The summed E-state index contributed by atoms with van der Waals surface area (Å²) in [4.78, 5) is 14.2. The number of carbonyl (C=O) groups is 1. The first kappa shape index (κ1) is 14.4. The number of H-pyrrole nitrogens is 1. The van der Waals surface area contributed by atoms with E-state index in [-0.39, 0.29) is 6.09 Å². The Morgan fingerprint density at radius 3 is 2.82 bits per heavy atom. The lowest BCUT2D eigenvalue weighted by molar-refractivity contribution is 0.0584. The van der Waals surface area contributed by atoms with Gasteiger partial charge in [0.25, 0.3) is 0 Å². The lowest BCUT2D eigenvalue weighted by Crippen LogP contribution is -2.35. The Hall–Kier alpha value is -2.50. The molecule has 0 atom stereocenters. The van der Waals surface area contributed by atoms with Crippen LogP contribution in [0.25, 0.3) is 11.3 Å². The molecule has 2 heterocycles. The molecule has 6 nitrogen and oxygen atoms in total. The van der Waals surface area contributed by atoms with Gasteiger partial charge in [0.1, 0.15) is 11.4 Å². The van der Waals surface area contributed by atoms with E-state index in [4.69, 9.17) is 10.5 Å². The Morgan fingerprint density at radius 1 is 1.41 bits per heavy atom. The average molecular weight is 300 g/mol. The van der Waals surface area contributed by atoms with Gasteiger partial charge in [-0.2, -0.15) is 5.10 Å². The van der Waals surface area contributed by atoms with Gasteiger partial charge in [-0.3, -0.25) is 10.00 Å². The van der Waals surface area contributed by atoms with Gasteiger partial charge in [-0.05, 0) is 32.8 Å². The van der Waals surface area contributed by atoms with Gasteiger partial charge in [0.15, 0.2) is 0 Å². The highest BCUT2D eigenvalue weighted by Gasteiger charge is 2.31. The van der Waals surface area contributed by atoms with Crippen LogP contribution in [0.4, 0.5) is 16.3 Å². The minimum absolute atomic E-state index is 0.328. The average Bonchev–Trinajstić information content (AvgIpc) is 3.02. The topological polar surface area (TPSA) is 84.2 Å². The maximum atomic E-state index is 12.5. The number of amides is 1. The van der Waals surface area contributed by atoms with Crippen LogP contribution in [0, 0.1) is 0 Å². The zero-order valence-electron chi connectivity index (χ0n) is 13.0. The lowest BCUT2D eigenvalue weighted by atomic mass is 10.0. The van der Waals surface area contributed by atoms with Gasteiger partial charge >= 0.3 is 6.09 Å². The predicted molar refractivity (Wildman–Crippen MR) is 85.7 cm³/mol. The molecule has 1 aromatic heterocycles. The van der Waals surface area contributed by atoms with Crippen LogP contribution < -0.4 is 10.6 Å². The van der Waals surface area contributed by atoms with Crippen molar-refractivity contribution in [3.05, 3.63) is 29.8 Å². The van der Waals surface area contributed by atoms with E-state index in [2.05, 4.69) is 10.2 Å². The molecule has 3 N–H and O–H groups in total. The first-order valence-electron chi connectivity index (χ1n) is 7.29. The minimum Gasteiger partial charge on any atom is -0.443 e. The third-order valence-corrected chi connectivity index (χ3v) is 3.50. The number of hydrogen-bond donors (Lipinski definition) is 2. The quantitative estimate of drug-likeness (QED) is 0.848. The minimum atomic E-state index is -0.521. The summed E-state index contributed by atoms with van der Waals surface area (Å²) in [5.74, 6) is 0.425. The van der Waals surface area contributed by atoms with Crippen molar-refractivity contribution in [1.82, 2.24) is 10.2 Å². The first-order chi connectivity index (χ1) is 10.3. The fourth-order valence-corrected chi connectivity index (χ4v) is 2.65. The number of rotatable bonds is 1. The number of para-hydroxylation sites is 1. The molecule has 1 aliphatic heterocycles. The number of nitrogen functional groups attached to an aromatic ring is 1. The monoisotopic (exact) mass is 300 g/mol. The summed E-state index contributed by atoms with van der Waals surface area (Å²) in [5, 5.41) is 6.87. The molecule has 2 aromatic rings. The molecule has 22 heavy (non-hydrogen) atoms. The van der Waals surface area contributed by atoms with Crippen LogP contribution in [0.2, 0.25) is 0 Å². The summed E-state index contributed by atoms with van der Waals surface area (Å²) in [6.45, 7) is 6.21. The Bertz CT molecular complexity index is 715. The summed E-state index contributed by atoms with van der Waals surface area (Å²) < 4.78 is 5.51. The molecule has 0 unspecified atom stereocenters. The van der Waals surface area contributed by atoms with E-state index in [1.54, 1.807) is 11.0 Å². The largest absolute Gasteiger partial charge is 0.443 e. The van der Waals surface area contributed by atoms with Crippen molar-refractivity contribution in [3.8, 4) is 11.3 Å². The van der Waals surface area contributed by atoms with Crippen molar-refractivity contribution in [2.75, 3.05) is 17.2 Å². The molecule has 0 bridgehead atoms. The molecular weight excluding hydrogens is 280 g/mol. The highest BCUT2D eigenvalue weighted by Crippen LogP contribution is 2.38. The Morgan fingerprint density at radius 2 is 2.18 bits per heavy atom. The van der Waals surface area contributed by atoms with Gasteiger partial charge in [0, 0.05) is 18.2 Å². The van der Waals surface area contributed by atoms with E-state index in [1.165, 1.54) is 0 Å². The van der Waals surface area contributed by atoms with Gasteiger partial charge in [-0.15, -0.1) is 0 Å². The third kappa shape index (κ3) is 2.64. The Labute approximate surface area is 129 Å². The molecule has 1 amide bonds. The maximum absolute atomic E-state index is 12.5. The Balaban J connectivity index is 2.01. The van der Waals surface area contributed by atoms with Crippen LogP contribution in [-0.2, 0) is 11.2 Å². The van der Waals surface area contributed by atoms with E-state index in [0.717, 1.165) is 28.9 Å². The number of benzene rings is 1. The van der Waals surface area contributed by atoms with Crippen LogP contribution >= 0.6 is 0 Å². The van der Waals surface area contributed by atoms with Gasteiger partial charge < -0.3 is 10.5 Å². The number of aromatic amines is 1. The summed E-state index contributed by atoms with van der Waals surface area (Å²) in [6, 6.07) is 7.72. The normalized spacial score (nSPS) is 14.0. The van der Waals surface area contributed by atoms with Crippen molar-refractivity contribution in [2.24, 2.45) is 0 Å². The maximum Gasteiger partial charge on any atom is 0.414 e. The lowest BCUT2D eigenvalue weighted by Gasteiger charge is -2.25. The predicted octanol–water partition coefficient (Wildman–Crippen LogP) is 2.96. The molecule has 3 rings (SSSR count). The second kappa shape index (κ2) is 5.05. The third-order valence-electron chi connectivity index (χ3n) is 3.50. The second-order valence-corrected chi connectivity index (χ2v) is 6.40. The fraction of sp³-hybridized carbons (Fsp3) is 0.375. The van der Waals surface area contributed by atoms with Crippen LogP contribution in [0.15, 0.2) is 24.3 Å². The molecule has 1 aromatic carbocycles. The zero-order valence-corrected chi connectivity index (χ0v) is 13.0. The summed E-state index contributed by atoms with van der Waals surface area (Å²) >= 11 is 0. The number of fused-ring (bicyclic) bond motifs is 1. The van der Waals surface area contributed by atoms with Gasteiger partial charge in [-0.25, -0.2) is 4.79 Å². The molecule has 0 saturated carbocycles. The van der Waals surface area contributed by atoms with Gasteiger partial charge in [-0.1, -0.05) is 18.2 Å². The molecule has 1 aliphatic rings. The van der Waals surface area contributed by atoms with Crippen molar-refractivity contribution >= 4 is 17.6 Å². The highest BCUT2D eigenvalue weighted by molar-refractivity contribution is 5.96. The smallest absolute Gasteiger partial charge is 0.414 e. The molecule has 0 spiro atoms. The number of nitrogens with zero attached hydrogens (tertiary/aromatic N) is 2. The molecule has 0 radical (unpaired) electrons. The molecular formula is C16H20N4O2. The van der Waals surface area contributed by atoms with E-state index < -0.39 is 5.60 Å². The van der Waals surface area contributed by atoms with E-state index in [9.17, 15) is 4.79 Å². The van der Waals surface area contributed by atoms with Crippen LogP contribution in [0.3, 0.4) is 0 Å². The van der Waals surface area contributed by atoms with E-state index in [1.807, 2.05) is 39.0 Å². The number of anilines is 2. The highest BCUT2D eigenvalue weighted by atomic mass is 16.6. The molecule has 0 saturated heterocycles. The van der Waals surface area contributed by atoms with Crippen LogP contribution in [0.5, 0.6) is 0 Å². The SMILES string of the molecule is CC(C)(C)OC(=O)N1CCc2cccc(-c3cc(N)n[nH]3)c21. The molecule has 116 valence electrons. The first-order valence-corrected chi connectivity index (χ1v) is 7.29. The second-order valence-electron chi connectivity index (χ2n) is 6.40. The Kier molecular flexibility index (Phi) is 3.31. The number of hydrogen-bond acceptors (Lipinski definition) is 4. The number of carbonyl (C=O) groups excluding carboxylic acids is 1. The number of nitrogens with one attached hydrogen (secondary N) is 1. The van der Waals surface area contributed by atoms with E-state index in [0.29, 0.717) is 12.4 Å². The van der Waals surface area contributed by atoms with Crippen LogP contribution in [0.1, 0.15) is 26.3 Å². The van der Waals surface area contributed by atoms with Crippen molar-refractivity contribution in [2.45, 2.75) is 32.8 Å². The number of nitrogens with two attached hydrogens (primary N) is 1. The van der Waals surface area contributed by atoms with Crippen molar-refractivity contribution in [3.63, 3.8) is 0 Å². The van der Waals surface area contributed by atoms with Crippen LogP contribution in [-0.4, -0.2) is 28.4 Å². The fourth-order valence-electron chi connectivity index (χ4n) is 2.65. The summed E-state index contributed by atoms with van der Waals surface area (Å²) in [6.07, 6.45) is 0.484. The molecule has 0 aliphatic carbocycles. The van der Waals surface area contributed by atoms with Crippen molar-refractivity contribution < 1.29 is 9.53 Å².